The molecule has 0 aromatic heterocycles. The molecule has 0 atom stereocenters. The Balaban J connectivity index is 1.09. The predicted molar refractivity (Wildman–Crippen MR) is 246 cm³/mol. The number of fused-ring (bicyclic) bond motifs is 8. The van der Waals surface area contributed by atoms with Gasteiger partial charge in [-0.25, -0.2) is 0 Å². The second kappa shape index (κ2) is 13.9. The molecule has 9 aromatic carbocycles. The topological polar surface area (TPSA) is 12.5 Å². The van der Waals surface area contributed by atoms with Crippen LogP contribution >= 0.6 is 0 Å². The van der Waals surface area contributed by atoms with Gasteiger partial charge >= 0.3 is 0 Å². The lowest BCUT2D eigenvalue weighted by Gasteiger charge is -2.30. The van der Waals surface area contributed by atoms with Crippen LogP contribution in [-0.2, 0) is 5.41 Å². The molecule has 2 heteroatoms. The van der Waals surface area contributed by atoms with E-state index in [1.165, 1.54) is 44.5 Å². The van der Waals surface area contributed by atoms with Crippen LogP contribution in [0, 0.1) is 0 Å². The van der Waals surface area contributed by atoms with E-state index in [2.05, 4.69) is 231 Å². The molecule has 0 radical (unpaired) electrons. The maximum atomic E-state index is 7.10. The third-order valence-corrected chi connectivity index (χ3v) is 12.3. The molecule has 0 unspecified atom stereocenters. The van der Waals surface area contributed by atoms with Gasteiger partial charge in [0.2, 0.25) is 0 Å². The average molecular weight is 756 g/mol. The fourth-order valence-electron chi connectivity index (χ4n) is 9.40. The largest absolute Gasteiger partial charge is 0.456 e. The fourth-order valence-corrected chi connectivity index (χ4v) is 9.40. The van der Waals surface area contributed by atoms with Crippen LogP contribution in [0.5, 0.6) is 11.5 Å². The molecule has 1 aliphatic carbocycles. The number of hydrogen-bond acceptors (Lipinski definition) is 2. The lowest BCUT2D eigenvalue weighted by Crippen LogP contribution is -2.17. The van der Waals surface area contributed by atoms with Gasteiger partial charge in [-0.1, -0.05) is 184 Å². The molecule has 0 amide bonds. The first kappa shape index (κ1) is 34.8. The van der Waals surface area contributed by atoms with Gasteiger partial charge in [-0.2, -0.15) is 0 Å². The summed E-state index contributed by atoms with van der Waals surface area (Å²) < 4.78 is 7.10. The minimum atomic E-state index is -0.147. The molecule has 9 aromatic rings. The van der Waals surface area contributed by atoms with Crippen molar-refractivity contribution in [3.05, 3.63) is 223 Å². The summed E-state index contributed by atoms with van der Waals surface area (Å²) in [6.07, 6.45) is 0. The van der Waals surface area contributed by atoms with Crippen molar-refractivity contribution in [2.75, 3.05) is 4.90 Å². The molecule has 0 bridgehead atoms. The van der Waals surface area contributed by atoms with Crippen LogP contribution in [0.15, 0.2) is 212 Å². The maximum absolute atomic E-state index is 7.10. The first-order chi connectivity index (χ1) is 29.0. The molecule has 1 aliphatic heterocycles. The van der Waals surface area contributed by atoms with E-state index in [-0.39, 0.29) is 5.41 Å². The van der Waals surface area contributed by atoms with Gasteiger partial charge in [0, 0.05) is 27.9 Å². The van der Waals surface area contributed by atoms with Gasteiger partial charge in [0.15, 0.2) is 0 Å². The van der Waals surface area contributed by atoms with Crippen molar-refractivity contribution in [3.8, 4) is 78.3 Å². The van der Waals surface area contributed by atoms with Gasteiger partial charge < -0.3 is 9.64 Å². The lowest BCUT2D eigenvalue weighted by molar-refractivity contribution is 0.488. The number of ether oxygens (including phenoxy) is 1. The highest BCUT2D eigenvalue weighted by molar-refractivity contribution is 6.02. The van der Waals surface area contributed by atoms with Crippen LogP contribution in [0.4, 0.5) is 17.1 Å². The van der Waals surface area contributed by atoms with Gasteiger partial charge in [0.1, 0.15) is 11.5 Å². The van der Waals surface area contributed by atoms with Gasteiger partial charge in [-0.05, 0) is 109 Å². The highest BCUT2D eigenvalue weighted by Gasteiger charge is 2.36. The number of nitrogens with zero attached hydrogens (tertiary/aromatic N) is 1. The average Bonchev–Trinajstić information content (AvgIpc) is 3.41. The van der Waals surface area contributed by atoms with E-state index in [0.29, 0.717) is 0 Å². The summed E-state index contributed by atoms with van der Waals surface area (Å²) >= 11 is 0. The molecule has 280 valence electrons. The summed E-state index contributed by atoms with van der Waals surface area (Å²) in [5.41, 5.74) is 19.9. The van der Waals surface area contributed by atoms with Crippen molar-refractivity contribution >= 4 is 17.1 Å². The van der Waals surface area contributed by atoms with Gasteiger partial charge in [-0.15, -0.1) is 0 Å². The Morgan fingerprint density at radius 1 is 0.339 bits per heavy atom. The number of hydrogen-bond donors (Lipinski definition) is 0. The lowest BCUT2D eigenvalue weighted by atomic mass is 9.82. The van der Waals surface area contributed by atoms with Crippen LogP contribution in [0.25, 0.3) is 66.8 Å². The number of benzene rings is 9. The number of rotatable bonds is 6. The zero-order chi connectivity index (χ0) is 39.5. The van der Waals surface area contributed by atoms with Crippen LogP contribution in [0.1, 0.15) is 25.0 Å². The normalized spacial score (nSPS) is 12.8. The zero-order valence-corrected chi connectivity index (χ0v) is 33.1. The fraction of sp³-hybridized carbons (Fsp3) is 0.0526. The summed E-state index contributed by atoms with van der Waals surface area (Å²) in [5, 5.41) is 0. The molecule has 0 saturated heterocycles. The minimum absolute atomic E-state index is 0.147. The molecular formula is C57H41NO. The Bertz CT molecular complexity index is 3020. The second-order valence-electron chi connectivity index (χ2n) is 16.1. The third-order valence-electron chi connectivity index (χ3n) is 12.3. The first-order valence-electron chi connectivity index (χ1n) is 20.4. The van der Waals surface area contributed by atoms with E-state index in [9.17, 15) is 0 Å². The number of anilines is 3. The van der Waals surface area contributed by atoms with Crippen LogP contribution in [-0.4, -0.2) is 0 Å². The molecule has 0 fully saturated rings. The van der Waals surface area contributed by atoms with E-state index in [1.807, 2.05) is 0 Å². The minimum Gasteiger partial charge on any atom is -0.456 e. The second-order valence-corrected chi connectivity index (χ2v) is 16.1. The first-order valence-corrected chi connectivity index (χ1v) is 20.4. The van der Waals surface area contributed by atoms with Gasteiger partial charge in [-0.3, -0.25) is 0 Å². The maximum Gasteiger partial charge on any atom is 0.137 e. The molecular weight excluding hydrogens is 715 g/mol. The summed E-state index contributed by atoms with van der Waals surface area (Å²) in [5.74, 6) is 1.67. The molecule has 0 spiro atoms. The summed E-state index contributed by atoms with van der Waals surface area (Å²) in [4.78, 5) is 2.42. The van der Waals surface area contributed by atoms with Crippen molar-refractivity contribution in [2.45, 2.75) is 19.3 Å². The Kier molecular flexibility index (Phi) is 8.20. The van der Waals surface area contributed by atoms with Crippen molar-refractivity contribution < 1.29 is 4.74 Å². The third kappa shape index (κ3) is 5.79. The van der Waals surface area contributed by atoms with E-state index >= 15 is 0 Å². The highest BCUT2D eigenvalue weighted by atomic mass is 16.5. The Morgan fingerprint density at radius 3 is 1.49 bits per heavy atom. The highest BCUT2D eigenvalue weighted by Crippen LogP contribution is 2.56. The standard InChI is InChI=1S/C57H41NO/c1-57(2)50-23-12-11-19-46(50)47-36-35-44(37-51(47)57)58(43-33-31-41(32-34-43)39-17-7-4-8-18-39)52-24-14-26-54-56(52)49-21-10-9-20-48(49)55-45(22-13-25-53(55)59-54)42-29-27-40(28-30-42)38-15-5-3-6-16-38/h3-37H,1-2H3. The van der Waals surface area contributed by atoms with Crippen molar-refractivity contribution in [3.63, 3.8) is 0 Å². The van der Waals surface area contributed by atoms with E-state index in [0.717, 1.165) is 61.9 Å². The van der Waals surface area contributed by atoms with Crippen LogP contribution in [0.2, 0.25) is 0 Å². The van der Waals surface area contributed by atoms with Crippen molar-refractivity contribution in [1.29, 1.82) is 0 Å². The smallest absolute Gasteiger partial charge is 0.137 e. The SMILES string of the molecule is CC1(C)c2ccccc2-c2ccc(N(c3ccc(-c4ccccc4)cc3)c3cccc4c3-c3ccccc3-c3c(cccc3-c3ccc(-c5ccccc5)cc3)O4)cc21. The Morgan fingerprint density at radius 2 is 0.814 bits per heavy atom. The van der Waals surface area contributed by atoms with Crippen molar-refractivity contribution in [2.24, 2.45) is 0 Å². The Hall–Kier alpha value is -7.42. The summed E-state index contributed by atoms with van der Waals surface area (Å²) in [7, 11) is 0. The van der Waals surface area contributed by atoms with Gasteiger partial charge in [0.05, 0.1) is 5.69 Å². The monoisotopic (exact) mass is 755 g/mol. The molecule has 0 N–H and O–H groups in total. The van der Waals surface area contributed by atoms with E-state index in [4.69, 9.17) is 4.74 Å². The summed E-state index contributed by atoms with van der Waals surface area (Å²) in [6, 6.07) is 76.7. The van der Waals surface area contributed by atoms with Gasteiger partial charge in [0.25, 0.3) is 0 Å². The van der Waals surface area contributed by atoms with Crippen LogP contribution in [0.3, 0.4) is 0 Å². The van der Waals surface area contributed by atoms with Crippen molar-refractivity contribution in [1.82, 2.24) is 0 Å². The molecule has 11 rings (SSSR count). The zero-order valence-electron chi connectivity index (χ0n) is 33.1. The summed E-state index contributed by atoms with van der Waals surface area (Å²) in [6.45, 7) is 4.70. The molecule has 2 aliphatic rings. The molecule has 59 heavy (non-hydrogen) atoms. The van der Waals surface area contributed by atoms with Crippen LogP contribution < -0.4 is 9.64 Å². The molecule has 1 heterocycles. The van der Waals surface area contributed by atoms with E-state index < -0.39 is 0 Å². The Labute approximate surface area is 346 Å². The quantitative estimate of drug-likeness (QED) is 0.168. The van der Waals surface area contributed by atoms with E-state index in [1.54, 1.807) is 0 Å². The predicted octanol–water partition coefficient (Wildman–Crippen LogP) is 15.9. The molecule has 2 nitrogen and oxygen atoms in total. The molecule has 0 saturated carbocycles.